The Morgan fingerprint density at radius 2 is 2.20 bits per heavy atom. The van der Waals surface area contributed by atoms with Crippen LogP contribution >= 0.6 is 23.4 Å². The van der Waals surface area contributed by atoms with Crippen LogP contribution in [0.2, 0.25) is 5.02 Å². The average molecular weight is 375 g/mol. The zero-order chi connectivity index (χ0) is 17.1. The van der Waals surface area contributed by atoms with Crippen molar-refractivity contribution in [2.45, 2.75) is 17.8 Å². The summed E-state index contributed by atoms with van der Waals surface area (Å²) in [6.45, 7) is 3.66. The number of hydrogen-bond acceptors (Lipinski definition) is 5. The van der Waals surface area contributed by atoms with Gasteiger partial charge >= 0.3 is 0 Å². The molecule has 1 unspecified atom stereocenters. The molecule has 1 atom stereocenters. The first kappa shape index (κ1) is 16.8. The monoisotopic (exact) mass is 374 g/mol. The number of nitrogens with zero attached hydrogens (tertiary/aromatic N) is 3. The quantitative estimate of drug-likeness (QED) is 0.691. The van der Waals surface area contributed by atoms with Gasteiger partial charge in [0.1, 0.15) is 0 Å². The number of H-pyrrole nitrogens is 1. The molecule has 1 aliphatic rings. The molecule has 1 aromatic carbocycles. The fraction of sp³-hybridized carbons (Fsp3) is 0.333. The molecule has 0 radical (unpaired) electrons. The third kappa shape index (κ3) is 4.33. The Labute approximate surface area is 155 Å². The van der Waals surface area contributed by atoms with Gasteiger partial charge in [0.15, 0.2) is 10.8 Å². The van der Waals surface area contributed by atoms with Crippen molar-refractivity contribution in [3.63, 3.8) is 0 Å². The number of aromatic nitrogens is 3. The van der Waals surface area contributed by atoms with Crippen LogP contribution < -0.4 is 0 Å². The lowest BCUT2D eigenvalue weighted by Gasteiger charge is -2.32. The first-order valence-electron chi connectivity index (χ1n) is 8.28. The van der Waals surface area contributed by atoms with Gasteiger partial charge in [0.2, 0.25) is 0 Å². The van der Waals surface area contributed by atoms with E-state index in [0.717, 1.165) is 42.7 Å². The number of ether oxygens (including phenoxy) is 1. The van der Waals surface area contributed by atoms with E-state index >= 15 is 0 Å². The highest BCUT2D eigenvalue weighted by Gasteiger charge is 2.21. The van der Waals surface area contributed by atoms with Crippen molar-refractivity contribution in [3.8, 4) is 0 Å². The summed E-state index contributed by atoms with van der Waals surface area (Å²) >= 11 is 7.63. The summed E-state index contributed by atoms with van der Waals surface area (Å²) in [7, 11) is 0. The summed E-state index contributed by atoms with van der Waals surface area (Å²) in [6, 6.07) is 12.4. The third-order valence-electron chi connectivity index (χ3n) is 4.16. The summed E-state index contributed by atoms with van der Waals surface area (Å²) < 4.78 is 5.92. The number of rotatable bonds is 5. The number of aromatic amines is 1. The number of morpholine rings is 1. The van der Waals surface area contributed by atoms with E-state index in [0.29, 0.717) is 10.7 Å². The first-order chi connectivity index (χ1) is 12.3. The number of nitrogens with one attached hydrogen (secondary N) is 1. The molecule has 1 N–H and O–H groups in total. The van der Waals surface area contributed by atoms with Gasteiger partial charge in [-0.2, -0.15) is 0 Å². The van der Waals surface area contributed by atoms with Crippen molar-refractivity contribution in [2.24, 2.45) is 0 Å². The standard InChI is InChI=1S/C18H19ClN4OS/c19-14-8-16-17(20-9-14)22-18(21-16)25-12-15-11-23(6-7-24-15)10-13-4-2-1-3-5-13/h1-5,8-9,15H,6-7,10-12H2,(H,20,21,22). The van der Waals surface area contributed by atoms with E-state index in [4.69, 9.17) is 16.3 Å². The molecule has 1 aliphatic heterocycles. The lowest BCUT2D eigenvalue weighted by Crippen LogP contribution is -2.43. The molecular weight excluding hydrogens is 356 g/mol. The van der Waals surface area contributed by atoms with E-state index in [2.05, 4.69) is 50.2 Å². The van der Waals surface area contributed by atoms with E-state index in [-0.39, 0.29) is 6.10 Å². The Balaban J connectivity index is 1.34. The van der Waals surface area contributed by atoms with Gasteiger partial charge in [-0.3, -0.25) is 4.90 Å². The van der Waals surface area contributed by atoms with Gasteiger partial charge in [0.05, 0.1) is 23.3 Å². The summed E-state index contributed by atoms with van der Waals surface area (Å²) in [5, 5.41) is 1.47. The van der Waals surface area contributed by atoms with Crippen LogP contribution in [0, 0.1) is 0 Å². The molecule has 1 fully saturated rings. The zero-order valence-electron chi connectivity index (χ0n) is 13.7. The minimum atomic E-state index is 0.201. The van der Waals surface area contributed by atoms with Gasteiger partial charge in [0, 0.05) is 31.6 Å². The number of halogens is 1. The van der Waals surface area contributed by atoms with Gasteiger partial charge in [-0.05, 0) is 11.6 Å². The van der Waals surface area contributed by atoms with Gasteiger partial charge in [-0.15, -0.1) is 0 Å². The second-order valence-electron chi connectivity index (χ2n) is 6.09. The molecule has 0 amide bonds. The van der Waals surface area contributed by atoms with E-state index in [1.165, 1.54) is 5.56 Å². The number of pyridine rings is 1. The molecule has 0 bridgehead atoms. The number of hydrogen-bond donors (Lipinski definition) is 1. The Morgan fingerprint density at radius 1 is 1.32 bits per heavy atom. The predicted molar refractivity (Wildman–Crippen MR) is 101 cm³/mol. The molecule has 2 aromatic heterocycles. The highest BCUT2D eigenvalue weighted by molar-refractivity contribution is 7.99. The van der Waals surface area contributed by atoms with Gasteiger partial charge in [-0.1, -0.05) is 53.7 Å². The van der Waals surface area contributed by atoms with Crippen LogP contribution in [0.15, 0.2) is 47.8 Å². The fourth-order valence-corrected chi connectivity index (χ4v) is 4.00. The Bertz CT molecular complexity index is 841. The maximum absolute atomic E-state index is 5.97. The number of thioether (sulfide) groups is 1. The summed E-state index contributed by atoms with van der Waals surface area (Å²) in [5.41, 5.74) is 2.91. The molecule has 7 heteroatoms. The van der Waals surface area contributed by atoms with Crippen LogP contribution in [0.3, 0.4) is 0 Å². The maximum atomic E-state index is 5.97. The topological polar surface area (TPSA) is 54.0 Å². The number of imidazole rings is 1. The molecule has 1 saturated heterocycles. The molecule has 25 heavy (non-hydrogen) atoms. The lowest BCUT2D eigenvalue weighted by molar-refractivity contribution is -0.0187. The molecule has 0 spiro atoms. The summed E-state index contributed by atoms with van der Waals surface area (Å²) in [4.78, 5) is 14.4. The average Bonchev–Trinajstić information content (AvgIpc) is 3.03. The predicted octanol–water partition coefficient (Wildman–Crippen LogP) is 3.60. The molecule has 0 aliphatic carbocycles. The van der Waals surface area contributed by atoms with Crippen molar-refractivity contribution in [1.29, 1.82) is 0 Å². The molecule has 130 valence electrons. The summed E-state index contributed by atoms with van der Waals surface area (Å²) in [5.74, 6) is 0.860. The van der Waals surface area contributed by atoms with Crippen molar-refractivity contribution in [3.05, 3.63) is 53.2 Å². The second kappa shape index (κ2) is 7.74. The van der Waals surface area contributed by atoms with Gasteiger partial charge in [0.25, 0.3) is 0 Å². The largest absolute Gasteiger partial charge is 0.375 e. The third-order valence-corrected chi connectivity index (χ3v) is 5.37. The fourth-order valence-electron chi connectivity index (χ4n) is 2.96. The minimum Gasteiger partial charge on any atom is -0.375 e. The maximum Gasteiger partial charge on any atom is 0.178 e. The smallest absolute Gasteiger partial charge is 0.178 e. The summed E-state index contributed by atoms with van der Waals surface area (Å²) in [6.07, 6.45) is 1.82. The molecule has 3 aromatic rings. The lowest BCUT2D eigenvalue weighted by atomic mass is 10.2. The van der Waals surface area contributed by atoms with E-state index in [1.54, 1.807) is 18.0 Å². The Kier molecular flexibility index (Phi) is 5.22. The highest BCUT2D eigenvalue weighted by Crippen LogP contribution is 2.22. The van der Waals surface area contributed by atoms with Crippen LogP contribution in [0.1, 0.15) is 5.56 Å². The SMILES string of the molecule is Clc1cnc2nc(SCC3CN(Cc4ccccc4)CCO3)[nH]c2c1. The van der Waals surface area contributed by atoms with E-state index < -0.39 is 0 Å². The van der Waals surface area contributed by atoms with Crippen LogP contribution in [-0.2, 0) is 11.3 Å². The molecule has 0 saturated carbocycles. The van der Waals surface area contributed by atoms with Crippen molar-refractivity contribution < 1.29 is 4.74 Å². The molecule has 3 heterocycles. The minimum absolute atomic E-state index is 0.201. The normalized spacial score (nSPS) is 18.7. The Morgan fingerprint density at radius 3 is 3.08 bits per heavy atom. The number of fused-ring (bicyclic) bond motifs is 1. The van der Waals surface area contributed by atoms with E-state index in [1.807, 2.05) is 6.07 Å². The highest BCUT2D eigenvalue weighted by atomic mass is 35.5. The van der Waals surface area contributed by atoms with Crippen molar-refractivity contribution in [1.82, 2.24) is 19.9 Å². The van der Waals surface area contributed by atoms with Gasteiger partial charge in [-0.25, -0.2) is 9.97 Å². The molecule has 5 nitrogen and oxygen atoms in total. The first-order valence-corrected chi connectivity index (χ1v) is 9.64. The molecular formula is C18H19ClN4OS. The van der Waals surface area contributed by atoms with Crippen LogP contribution in [0.25, 0.3) is 11.2 Å². The van der Waals surface area contributed by atoms with E-state index in [9.17, 15) is 0 Å². The molecule has 4 rings (SSSR count). The second-order valence-corrected chi connectivity index (χ2v) is 7.54. The number of benzene rings is 1. The van der Waals surface area contributed by atoms with Crippen LogP contribution in [-0.4, -0.2) is 51.4 Å². The zero-order valence-corrected chi connectivity index (χ0v) is 15.3. The van der Waals surface area contributed by atoms with Crippen LogP contribution in [0.4, 0.5) is 0 Å². The van der Waals surface area contributed by atoms with Crippen LogP contribution in [0.5, 0.6) is 0 Å². The van der Waals surface area contributed by atoms with Gasteiger partial charge < -0.3 is 9.72 Å². The Hall–Kier alpha value is -1.60. The van der Waals surface area contributed by atoms with Crippen molar-refractivity contribution >= 4 is 34.5 Å². The van der Waals surface area contributed by atoms with Crippen molar-refractivity contribution in [2.75, 3.05) is 25.4 Å².